The second kappa shape index (κ2) is 7.41. The van der Waals surface area contributed by atoms with Gasteiger partial charge in [0, 0.05) is 25.0 Å². The Labute approximate surface area is 157 Å². The maximum absolute atomic E-state index is 12.8. The molecule has 0 bridgehead atoms. The summed E-state index contributed by atoms with van der Waals surface area (Å²) in [5.74, 6) is 0.702. The number of benzene rings is 2. The van der Waals surface area contributed by atoms with Crippen molar-refractivity contribution in [2.45, 2.75) is 12.5 Å². The van der Waals surface area contributed by atoms with Crippen molar-refractivity contribution in [3.05, 3.63) is 96.1 Å². The summed E-state index contributed by atoms with van der Waals surface area (Å²) in [5, 5.41) is 3.15. The summed E-state index contributed by atoms with van der Waals surface area (Å²) in [7, 11) is 1.99. The number of amides is 1. The van der Waals surface area contributed by atoms with Crippen LogP contribution >= 0.6 is 0 Å². The third-order valence-electron chi connectivity index (χ3n) is 4.66. The number of imidazole rings is 1. The van der Waals surface area contributed by atoms with E-state index in [2.05, 4.69) is 27.0 Å². The van der Waals surface area contributed by atoms with Crippen molar-refractivity contribution >= 4 is 16.9 Å². The molecule has 0 saturated heterocycles. The summed E-state index contributed by atoms with van der Waals surface area (Å²) < 4.78 is 2.05. The quantitative estimate of drug-likeness (QED) is 0.593. The zero-order valence-electron chi connectivity index (χ0n) is 15.0. The Hall–Kier alpha value is -3.47. The molecule has 2 aromatic carbocycles. The van der Waals surface area contributed by atoms with Crippen LogP contribution in [-0.2, 0) is 13.5 Å². The summed E-state index contributed by atoms with van der Waals surface area (Å²) in [5.41, 5.74) is 3.70. The zero-order chi connectivity index (χ0) is 18.6. The van der Waals surface area contributed by atoms with Crippen LogP contribution in [0, 0.1) is 0 Å². The monoisotopic (exact) mass is 356 g/mol. The molecule has 0 aliphatic rings. The lowest BCUT2D eigenvalue weighted by atomic mass is 10.0. The van der Waals surface area contributed by atoms with Gasteiger partial charge in [-0.1, -0.05) is 42.5 Å². The van der Waals surface area contributed by atoms with E-state index in [1.165, 1.54) is 0 Å². The van der Waals surface area contributed by atoms with Crippen LogP contribution in [-0.4, -0.2) is 20.4 Å². The molecule has 5 heteroatoms. The number of pyridine rings is 1. The molecule has 0 unspecified atom stereocenters. The fourth-order valence-electron chi connectivity index (χ4n) is 3.28. The highest BCUT2D eigenvalue weighted by Gasteiger charge is 2.22. The highest BCUT2D eigenvalue weighted by atomic mass is 16.1. The second-order valence-electron chi connectivity index (χ2n) is 6.47. The van der Waals surface area contributed by atoms with Gasteiger partial charge in [0.15, 0.2) is 0 Å². The van der Waals surface area contributed by atoms with Crippen LogP contribution in [0.25, 0.3) is 11.0 Å². The van der Waals surface area contributed by atoms with Gasteiger partial charge in [-0.05, 0) is 36.2 Å². The molecule has 27 heavy (non-hydrogen) atoms. The normalized spacial score (nSPS) is 12.0. The second-order valence-corrected chi connectivity index (χ2v) is 6.47. The number of para-hydroxylation sites is 2. The Morgan fingerprint density at radius 2 is 1.70 bits per heavy atom. The molecule has 0 aliphatic heterocycles. The summed E-state index contributed by atoms with van der Waals surface area (Å²) in [6.45, 7) is 0. The van der Waals surface area contributed by atoms with Crippen molar-refractivity contribution in [3.8, 4) is 0 Å². The molecular formula is C22H20N4O. The van der Waals surface area contributed by atoms with Crippen molar-refractivity contribution < 1.29 is 4.79 Å². The van der Waals surface area contributed by atoms with E-state index in [1.54, 1.807) is 24.5 Å². The molecule has 4 rings (SSSR count). The first kappa shape index (κ1) is 17.0. The number of rotatable bonds is 5. The Balaban J connectivity index is 1.71. The minimum Gasteiger partial charge on any atom is -0.342 e. The number of nitrogens with one attached hydrogen (secondary N) is 1. The Bertz CT molecular complexity index is 1060. The largest absolute Gasteiger partial charge is 0.342 e. The highest BCUT2D eigenvalue weighted by molar-refractivity contribution is 5.94. The highest BCUT2D eigenvalue weighted by Crippen LogP contribution is 2.23. The number of hydrogen-bond donors (Lipinski definition) is 1. The van der Waals surface area contributed by atoms with Crippen LogP contribution < -0.4 is 5.32 Å². The van der Waals surface area contributed by atoms with Crippen molar-refractivity contribution in [2.24, 2.45) is 7.05 Å². The number of carbonyl (C=O) groups is 1. The summed E-state index contributed by atoms with van der Waals surface area (Å²) >= 11 is 0. The van der Waals surface area contributed by atoms with Crippen LogP contribution in [0.2, 0.25) is 0 Å². The minimum atomic E-state index is -0.245. The van der Waals surface area contributed by atoms with Gasteiger partial charge in [0.25, 0.3) is 5.91 Å². The van der Waals surface area contributed by atoms with E-state index in [1.807, 2.05) is 49.5 Å². The molecule has 4 aromatic rings. The molecule has 2 aromatic heterocycles. The SMILES string of the molecule is Cn1c([C@H](Cc2ccccc2)NC(=O)c2ccncc2)nc2ccccc21. The molecule has 1 atom stereocenters. The maximum Gasteiger partial charge on any atom is 0.251 e. The molecule has 1 N–H and O–H groups in total. The number of carbonyl (C=O) groups excluding carboxylic acids is 1. The third kappa shape index (κ3) is 3.58. The smallest absolute Gasteiger partial charge is 0.251 e. The number of fused-ring (bicyclic) bond motifs is 1. The van der Waals surface area contributed by atoms with E-state index < -0.39 is 0 Å². The Kier molecular flexibility index (Phi) is 4.66. The van der Waals surface area contributed by atoms with Crippen LogP contribution in [0.1, 0.15) is 27.8 Å². The number of aromatic nitrogens is 3. The summed E-state index contributed by atoms with van der Waals surface area (Å²) in [6, 6.07) is 21.3. The zero-order valence-corrected chi connectivity index (χ0v) is 15.0. The first-order chi connectivity index (χ1) is 13.2. The Morgan fingerprint density at radius 3 is 2.44 bits per heavy atom. The molecule has 0 spiro atoms. The van der Waals surface area contributed by atoms with Crippen molar-refractivity contribution in [2.75, 3.05) is 0 Å². The van der Waals surface area contributed by atoms with Gasteiger partial charge >= 0.3 is 0 Å². The number of hydrogen-bond acceptors (Lipinski definition) is 3. The van der Waals surface area contributed by atoms with Gasteiger partial charge in [-0.25, -0.2) is 4.98 Å². The molecule has 5 nitrogen and oxygen atoms in total. The van der Waals surface area contributed by atoms with Gasteiger partial charge in [-0.3, -0.25) is 9.78 Å². The van der Waals surface area contributed by atoms with Gasteiger partial charge in [-0.2, -0.15) is 0 Å². The Morgan fingerprint density at radius 1 is 1.00 bits per heavy atom. The first-order valence-corrected chi connectivity index (χ1v) is 8.88. The van der Waals surface area contributed by atoms with Crippen LogP contribution in [0.15, 0.2) is 79.1 Å². The average molecular weight is 356 g/mol. The molecule has 0 radical (unpaired) electrons. The van der Waals surface area contributed by atoms with E-state index >= 15 is 0 Å². The topological polar surface area (TPSA) is 59.8 Å². The standard InChI is InChI=1S/C22H20N4O/c1-26-20-10-6-5-9-18(20)24-21(26)19(15-16-7-3-2-4-8-16)25-22(27)17-11-13-23-14-12-17/h2-14,19H,15H2,1H3,(H,25,27)/t19-/m0/s1. The molecule has 2 heterocycles. The molecule has 0 fully saturated rings. The van der Waals surface area contributed by atoms with Gasteiger partial charge in [0.1, 0.15) is 5.82 Å². The van der Waals surface area contributed by atoms with Gasteiger partial charge in [0.05, 0.1) is 17.1 Å². The number of aryl methyl sites for hydroxylation is 1. The van der Waals surface area contributed by atoms with Gasteiger partial charge in [0.2, 0.25) is 0 Å². The van der Waals surface area contributed by atoms with Crippen LogP contribution in [0.3, 0.4) is 0 Å². The summed E-state index contributed by atoms with van der Waals surface area (Å²) in [4.78, 5) is 21.5. The van der Waals surface area contributed by atoms with Crippen LogP contribution in [0.5, 0.6) is 0 Å². The predicted octanol–water partition coefficient (Wildman–Crippen LogP) is 3.68. The average Bonchev–Trinajstić information content (AvgIpc) is 3.06. The molecule has 0 saturated carbocycles. The van der Waals surface area contributed by atoms with Crippen molar-refractivity contribution in [1.29, 1.82) is 0 Å². The van der Waals surface area contributed by atoms with E-state index in [0.29, 0.717) is 12.0 Å². The predicted molar refractivity (Wildman–Crippen MR) is 105 cm³/mol. The van der Waals surface area contributed by atoms with Gasteiger partial charge < -0.3 is 9.88 Å². The fourth-order valence-corrected chi connectivity index (χ4v) is 3.28. The summed E-state index contributed by atoms with van der Waals surface area (Å²) in [6.07, 6.45) is 3.90. The lowest BCUT2D eigenvalue weighted by molar-refractivity contribution is 0.0934. The first-order valence-electron chi connectivity index (χ1n) is 8.88. The molecule has 1 amide bonds. The maximum atomic E-state index is 12.8. The lowest BCUT2D eigenvalue weighted by Gasteiger charge is -2.19. The van der Waals surface area contributed by atoms with E-state index in [0.717, 1.165) is 22.4 Å². The molecular weight excluding hydrogens is 336 g/mol. The minimum absolute atomic E-state index is 0.134. The molecule has 134 valence electrons. The van der Waals surface area contributed by atoms with E-state index in [4.69, 9.17) is 4.98 Å². The van der Waals surface area contributed by atoms with Crippen LogP contribution in [0.4, 0.5) is 0 Å². The van der Waals surface area contributed by atoms with Gasteiger partial charge in [-0.15, -0.1) is 0 Å². The lowest BCUT2D eigenvalue weighted by Crippen LogP contribution is -2.31. The third-order valence-corrected chi connectivity index (χ3v) is 4.66. The van der Waals surface area contributed by atoms with Crippen molar-refractivity contribution in [1.82, 2.24) is 19.9 Å². The fraction of sp³-hybridized carbons (Fsp3) is 0.136. The van der Waals surface area contributed by atoms with E-state index in [-0.39, 0.29) is 11.9 Å². The number of nitrogens with zero attached hydrogens (tertiary/aromatic N) is 3. The van der Waals surface area contributed by atoms with E-state index in [9.17, 15) is 4.79 Å². The molecule has 0 aliphatic carbocycles. The van der Waals surface area contributed by atoms with Crippen molar-refractivity contribution in [3.63, 3.8) is 0 Å².